The van der Waals surface area contributed by atoms with Crippen LogP contribution >= 0.6 is 11.6 Å². The minimum absolute atomic E-state index is 0.0975. The van der Waals surface area contributed by atoms with Gasteiger partial charge < -0.3 is 29.6 Å². The van der Waals surface area contributed by atoms with Crippen LogP contribution in [-0.2, 0) is 11.8 Å². The summed E-state index contributed by atoms with van der Waals surface area (Å²) in [7, 11) is 1.60. The molecule has 0 bridgehead atoms. The summed E-state index contributed by atoms with van der Waals surface area (Å²) in [5.74, 6) is -2.41. The standard InChI is InChI=1S/C24H25ClF2N6O3/c1-32-17-5-4-14(29-21-16(25)11-28-23(31-21)33-6-8-35-9-7-33)10-15(17)18-19(22(32)34)36-12-24(26,27)20(30-18)13-2-3-13/h4-5,10-11,13,20,30H,2-3,6-9,12H2,1H3,(H,28,29,31)/t20-/m0/s1. The number of nitrogens with one attached hydrogen (secondary N) is 2. The van der Waals surface area contributed by atoms with E-state index in [2.05, 4.69) is 20.6 Å². The van der Waals surface area contributed by atoms with Crippen LogP contribution in [0.2, 0.25) is 5.02 Å². The number of hydrogen-bond donors (Lipinski definition) is 2. The first kappa shape index (κ1) is 23.2. The Hall–Kier alpha value is -3.18. The van der Waals surface area contributed by atoms with Gasteiger partial charge in [-0.3, -0.25) is 4.79 Å². The first-order valence-corrected chi connectivity index (χ1v) is 12.3. The van der Waals surface area contributed by atoms with Gasteiger partial charge in [0.05, 0.1) is 36.7 Å². The Bertz CT molecular complexity index is 1390. The topological polar surface area (TPSA) is 93.5 Å². The summed E-state index contributed by atoms with van der Waals surface area (Å²) in [6, 6.07) is 4.22. The molecule has 0 spiro atoms. The molecule has 3 aliphatic rings. The van der Waals surface area contributed by atoms with Gasteiger partial charge >= 0.3 is 5.92 Å². The fourth-order valence-electron chi connectivity index (χ4n) is 4.78. The molecule has 12 heteroatoms. The average Bonchev–Trinajstić information content (AvgIpc) is 3.72. The number of aryl methyl sites for hydroxylation is 1. The molecule has 190 valence electrons. The van der Waals surface area contributed by atoms with Crippen LogP contribution < -0.4 is 25.8 Å². The molecule has 2 aliphatic heterocycles. The summed E-state index contributed by atoms with van der Waals surface area (Å²) >= 11 is 6.39. The van der Waals surface area contributed by atoms with Gasteiger partial charge in [-0.15, -0.1) is 0 Å². The number of hydrogen-bond acceptors (Lipinski definition) is 8. The largest absolute Gasteiger partial charge is 0.480 e. The van der Waals surface area contributed by atoms with Crippen LogP contribution in [0.3, 0.4) is 0 Å². The Morgan fingerprint density at radius 2 is 2.03 bits per heavy atom. The van der Waals surface area contributed by atoms with E-state index in [1.165, 1.54) is 10.8 Å². The van der Waals surface area contributed by atoms with Crippen molar-refractivity contribution in [3.05, 3.63) is 39.8 Å². The van der Waals surface area contributed by atoms with Gasteiger partial charge in [-0.05, 0) is 37.0 Å². The van der Waals surface area contributed by atoms with Crippen molar-refractivity contribution in [3.63, 3.8) is 0 Å². The number of morpholine rings is 1. The van der Waals surface area contributed by atoms with Crippen molar-refractivity contribution in [3.8, 4) is 5.75 Å². The molecule has 1 aliphatic carbocycles. The summed E-state index contributed by atoms with van der Waals surface area (Å²) < 4.78 is 42.0. The SMILES string of the molecule is Cn1c(=O)c2c(c3cc(Nc4nc(N5CCOCC5)ncc4Cl)ccc31)N[C@@H](C1CC1)C(F)(F)CO2. The van der Waals surface area contributed by atoms with E-state index in [1.807, 2.05) is 4.90 Å². The minimum Gasteiger partial charge on any atom is -0.480 e. The highest BCUT2D eigenvalue weighted by atomic mass is 35.5. The van der Waals surface area contributed by atoms with E-state index >= 15 is 0 Å². The lowest BCUT2D eigenvalue weighted by atomic mass is 10.0. The van der Waals surface area contributed by atoms with Crippen LogP contribution in [0.1, 0.15) is 12.8 Å². The molecule has 0 unspecified atom stereocenters. The first-order valence-electron chi connectivity index (χ1n) is 11.9. The van der Waals surface area contributed by atoms with Crippen LogP contribution in [0, 0.1) is 5.92 Å². The molecule has 1 saturated carbocycles. The van der Waals surface area contributed by atoms with Gasteiger partial charge in [0.15, 0.2) is 12.4 Å². The Balaban J connectivity index is 1.40. The molecular weight excluding hydrogens is 494 g/mol. The molecular formula is C24H25ClF2N6O3. The molecule has 36 heavy (non-hydrogen) atoms. The van der Waals surface area contributed by atoms with Crippen LogP contribution in [0.25, 0.3) is 10.9 Å². The highest BCUT2D eigenvalue weighted by Gasteiger charge is 2.51. The maximum atomic E-state index is 14.9. The van der Waals surface area contributed by atoms with E-state index in [-0.39, 0.29) is 17.4 Å². The fourth-order valence-corrected chi connectivity index (χ4v) is 4.92. The normalized spacial score (nSPS) is 21.3. The van der Waals surface area contributed by atoms with Crippen molar-refractivity contribution in [1.29, 1.82) is 0 Å². The number of ether oxygens (including phenoxy) is 2. The van der Waals surface area contributed by atoms with Crippen molar-refractivity contribution in [2.24, 2.45) is 13.0 Å². The van der Waals surface area contributed by atoms with E-state index in [1.54, 1.807) is 25.2 Å². The zero-order chi connectivity index (χ0) is 25.0. The van der Waals surface area contributed by atoms with Gasteiger partial charge in [0.1, 0.15) is 5.02 Å². The number of fused-ring (bicyclic) bond motifs is 3. The predicted molar refractivity (Wildman–Crippen MR) is 133 cm³/mol. The summed E-state index contributed by atoms with van der Waals surface area (Å²) in [6.45, 7) is 1.71. The van der Waals surface area contributed by atoms with Crippen molar-refractivity contribution >= 4 is 45.6 Å². The maximum absolute atomic E-state index is 14.9. The number of aromatic nitrogens is 3. The number of alkyl halides is 2. The Kier molecular flexibility index (Phi) is 5.64. The van der Waals surface area contributed by atoms with E-state index in [4.69, 9.17) is 21.1 Å². The Labute approximate surface area is 210 Å². The zero-order valence-corrected chi connectivity index (χ0v) is 20.3. The summed E-state index contributed by atoms with van der Waals surface area (Å²) in [6.07, 6.45) is 2.97. The highest BCUT2D eigenvalue weighted by molar-refractivity contribution is 6.32. The number of halogens is 3. The lowest BCUT2D eigenvalue weighted by Crippen LogP contribution is -2.44. The molecule has 1 atom stereocenters. The van der Waals surface area contributed by atoms with E-state index in [0.717, 1.165) is 12.8 Å². The maximum Gasteiger partial charge on any atom is 0.301 e. The summed E-state index contributed by atoms with van der Waals surface area (Å²) in [4.78, 5) is 23.9. The summed E-state index contributed by atoms with van der Waals surface area (Å²) in [5, 5.41) is 7.13. The van der Waals surface area contributed by atoms with Crippen LogP contribution in [0.15, 0.2) is 29.2 Å². The molecule has 0 amide bonds. The first-order chi connectivity index (χ1) is 17.3. The van der Waals surface area contributed by atoms with Gasteiger partial charge in [-0.25, -0.2) is 13.8 Å². The van der Waals surface area contributed by atoms with Crippen molar-refractivity contribution in [2.45, 2.75) is 24.8 Å². The molecule has 9 nitrogen and oxygen atoms in total. The van der Waals surface area contributed by atoms with Gasteiger partial charge in [-0.1, -0.05) is 11.6 Å². The molecule has 2 aromatic heterocycles. The monoisotopic (exact) mass is 518 g/mol. The minimum atomic E-state index is -3.10. The Morgan fingerprint density at radius 1 is 1.25 bits per heavy atom. The third-order valence-corrected chi connectivity index (χ3v) is 7.18. The third kappa shape index (κ3) is 4.09. The van der Waals surface area contributed by atoms with Crippen molar-refractivity contribution in [1.82, 2.24) is 14.5 Å². The zero-order valence-electron chi connectivity index (χ0n) is 19.6. The second-order valence-corrected chi connectivity index (χ2v) is 9.81. The lowest BCUT2D eigenvalue weighted by Gasteiger charge is -2.27. The molecule has 1 saturated heterocycles. The van der Waals surface area contributed by atoms with Gasteiger partial charge in [-0.2, -0.15) is 4.98 Å². The number of benzene rings is 1. The predicted octanol–water partition coefficient (Wildman–Crippen LogP) is 3.78. The van der Waals surface area contributed by atoms with Crippen molar-refractivity contribution < 1.29 is 18.3 Å². The molecule has 1 aromatic carbocycles. The second kappa shape index (κ2) is 8.74. The van der Waals surface area contributed by atoms with Crippen LogP contribution in [0.5, 0.6) is 5.75 Å². The van der Waals surface area contributed by atoms with Crippen LogP contribution in [-0.4, -0.2) is 59.4 Å². The lowest BCUT2D eigenvalue weighted by molar-refractivity contribution is -0.0579. The second-order valence-electron chi connectivity index (χ2n) is 9.40. The van der Waals surface area contributed by atoms with Gasteiger partial charge in [0.25, 0.3) is 5.56 Å². The smallest absolute Gasteiger partial charge is 0.301 e. The van der Waals surface area contributed by atoms with E-state index in [0.29, 0.717) is 59.7 Å². The molecule has 4 heterocycles. The quantitative estimate of drug-likeness (QED) is 0.539. The fraction of sp³-hybridized carbons (Fsp3) is 0.458. The highest BCUT2D eigenvalue weighted by Crippen LogP contribution is 2.45. The van der Waals surface area contributed by atoms with Gasteiger partial charge in [0, 0.05) is 31.2 Å². The number of pyridine rings is 1. The average molecular weight is 519 g/mol. The Morgan fingerprint density at radius 3 is 2.78 bits per heavy atom. The molecule has 2 N–H and O–H groups in total. The number of nitrogens with zero attached hydrogens (tertiary/aromatic N) is 4. The van der Waals surface area contributed by atoms with E-state index in [9.17, 15) is 13.6 Å². The molecule has 6 rings (SSSR count). The molecule has 2 fully saturated rings. The van der Waals surface area contributed by atoms with Crippen molar-refractivity contribution in [2.75, 3.05) is 48.4 Å². The number of anilines is 4. The van der Waals surface area contributed by atoms with Gasteiger partial charge in [0.2, 0.25) is 11.7 Å². The molecule has 0 radical (unpaired) electrons. The van der Waals surface area contributed by atoms with E-state index < -0.39 is 24.1 Å². The number of rotatable bonds is 4. The van der Waals surface area contributed by atoms with Crippen LogP contribution in [0.4, 0.5) is 31.9 Å². The summed E-state index contributed by atoms with van der Waals surface area (Å²) in [5.41, 5.74) is 1.03. The third-order valence-electron chi connectivity index (χ3n) is 6.90. The molecule has 3 aromatic rings.